The van der Waals surface area contributed by atoms with E-state index in [-0.39, 0.29) is 11.7 Å². The van der Waals surface area contributed by atoms with E-state index in [0.717, 1.165) is 31.5 Å². The van der Waals surface area contributed by atoms with Crippen LogP contribution in [0.25, 0.3) is 0 Å². The molecule has 2 N–H and O–H groups in total. The Hall–Kier alpha value is -2.74. The summed E-state index contributed by atoms with van der Waals surface area (Å²) in [6.07, 6.45) is 3.42. The van der Waals surface area contributed by atoms with E-state index in [1.807, 2.05) is 18.7 Å². The van der Waals surface area contributed by atoms with Crippen LogP contribution in [-0.4, -0.2) is 53.5 Å². The van der Waals surface area contributed by atoms with Gasteiger partial charge in [-0.1, -0.05) is 6.07 Å². The number of amides is 2. The number of rotatable bonds is 7. The molecule has 2 amide bonds. The van der Waals surface area contributed by atoms with Gasteiger partial charge in [-0.2, -0.15) is 0 Å². The normalized spacial score (nSPS) is 13.3. The van der Waals surface area contributed by atoms with Gasteiger partial charge in [0.1, 0.15) is 11.5 Å². The molecule has 0 saturated heterocycles. The molecule has 8 heteroatoms. The van der Waals surface area contributed by atoms with E-state index in [1.165, 1.54) is 18.2 Å². The summed E-state index contributed by atoms with van der Waals surface area (Å²) in [5.74, 6) is -0.937. The quantitative estimate of drug-likeness (QED) is 0.715. The van der Waals surface area contributed by atoms with Gasteiger partial charge in [0.25, 0.3) is 11.8 Å². The Balaban J connectivity index is 1.76. The van der Waals surface area contributed by atoms with E-state index in [4.69, 9.17) is 0 Å². The highest BCUT2D eigenvalue weighted by Gasteiger charge is 2.27. The summed E-state index contributed by atoms with van der Waals surface area (Å²) in [5.41, 5.74) is 1.46. The number of hydrogen-bond donors (Lipinski definition) is 2. The molecule has 28 heavy (non-hydrogen) atoms. The van der Waals surface area contributed by atoms with Crippen LogP contribution in [0, 0.1) is 5.82 Å². The predicted molar refractivity (Wildman–Crippen MR) is 105 cm³/mol. The summed E-state index contributed by atoms with van der Waals surface area (Å²) in [6.45, 7) is 2.07. The van der Waals surface area contributed by atoms with E-state index in [9.17, 15) is 14.0 Å². The van der Waals surface area contributed by atoms with Crippen LogP contribution in [-0.2, 0) is 13.0 Å². The number of fused-ring (bicyclic) bond motifs is 1. The lowest BCUT2D eigenvalue weighted by Crippen LogP contribution is -2.28. The van der Waals surface area contributed by atoms with Crippen LogP contribution in [0.2, 0.25) is 0 Å². The zero-order chi connectivity index (χ0) is 20.1. The standard InChI is InChI=1S/C20H26FN5O2/c1-25(2)11-6-10-22-19(27)17-16-9-3-4-12-26(16)18(24-17)20(28)23-15-8-5-7-14(21)13-15/h5,7-8,13H,3-4,6,9-12H2,1-2H3,(H,22,27)(H,23,28). The van der Waals surface area contributed by atoms with Crippen molar-refractivity contribution < 1.29 is 14.0 Å². The number of hydrogen-bond acceptors (Lipinski definition) is 4. The summed E-state index contributed by atoms with van der Waals surface area (Å²) in [6, 6.07) is 5.69. The zero-order valence-electron chi connectivity index (χ0n) is 16.3. The summed E-state index contributed by atoms with van der Waals surface area (Å²) >= 11 is 0. The number of carbonyl (C=O) groups excluding carboxylic acids is 2. The van der Waals surface area contributed by atoms with Crippen LogP contribution >= 0.6 is 0 Å². The van der Waals surface area contributed by atoms with Gasteiger partial charge >= 0.3 is 0 Å². The summed E-state index contributed by atoms with van der Waals surface area (Å²) < 4.78 is 15.2. The monoisotopic (exact) mass is 387 g/mol. The van der Waals surface area contributed by atoms with Crippen molar-refractivity contribution in [2.45, 2.75) is 32.2 Å². The first-order valence-corrected chi connectivity index (χ1v) is 9.55. The van der Waals surface area contributed by atoms with Crippen molar-refractivity contribution in [2.24, 2.45) is 0 Å². The molecule has 2 aromatic rings. The van der Waals surface area contributed by atoms with Crippen LogP contribution in [0.1, 0.15) is 46.1 Å². The lowest BCUT2D eigenvalue weighted by atomic mass is 10.1. The molecule has 1 aliphatic heterocycles. The number of anilines is 1. The molecule has 0 unspecified atom stereocenters. The molecule has 0 atom stereocenters. The van der Waals surface area contributed by atoms with E-state index in [2.05, 4.69) is 20.5 Å². The van der Waals surface area contributed by atoms with E-state index in [1.54, 1.807) is 6.07 Å². The van der Waals surface area contributed by atoms with Crippen molar-refractivity contribution in [3.63, 3.8) is 0 Å². The molecule has 150 valence electrons. The topological polar surface area (TPSA) is 79.3 Å². The number of carbonyl (C=O) groups is 2. The first-order valence-electron chi connectivity index (χ1n) is 9.55. The molecule has 0 bridgehead atoms. The van der Waals surface area contributed by atoms with E-state index >= 15 is 0 Å². The lowest BCUT2D eigenvalue weighted by molar-refractivity contribution is 0.0946. The third-order valence-electron chi connectivity index (χ3n) is 4.69. The summed E-state index contributed by atoms with van der Waals surface area (Å²) in [7, 11) is 3.97. The minimum atomic E-state index is -0.444. The van der Waals surface area contributed by atoms with Gasteiger partial charge in [-0.15, -0.1) is 0 Å². The molecule has 2 heterocycles. The molecular formula is C20H26FN5O2. The largest absolute Gasteiger partial charge is 0.351 e. The molecule has 0 saturated carbocycles. The Morgan fingerprint density at radius 3 is 2.82 bits per heavy atom. The smallest absolute Gasteiger partial charge is 0.291 e. The van der Waals surface area contributed by atoms with E-state index in [0.29, 0.717) is 30.9 Å². The molecule has 1 aromatic carbocycles. The fourth-order valence-corrected chi connectivity index (χ4v) is 3.33. The van der Waals surface area contributed by atoms with Gasteiger partial charge in [0.05, 0.1) is 5.69 Å². The minimum Gasteiger partial charge on any atom is -0.351 e. The van der Waals surface area contributed by atoms with Gasteiger partial charge in [-0.25, -0.2) is 9.37 Å². The van der Waals surface area contributed by atoms with Crippen LogP contribution < -0.4 is 10.6 Å². The fourth-order valence-electron chi connectivity index (χ4n) is 3.33. The number of benzene rings is 1. The molecule has 7 nitrogen and oxygen atoms in total. The summed E-state index contributed by atoms with van der Waals surface area (Å²) in [4.78, 5) is 31.7. The van der Waals surface area contributed by atoms with Gasteiger partial charge in [0.2, 0.25) is 0 Å². The second kappa shape index (κ2) is 8.97. The third-order valence-corrected chi connectivity index (χ3v) is 4.69. The van der Waals surface area contributed by atoms with E-state index < -0.39 is 11.7 Å². The van der Waals surface area contributed by atoms with Crippen molar-refractivity contribution in [3.05, 3.63) is 47.3 Å². The summed E-state index contributed by atoms with van der Waals surface area (Å²) in [5, 5.41) is 5.56. The maximum Gasteiger partial charge on any atom is 0.291 e. The van der Waals surface area contributed by atoms with Gasteiger partial charge in [-0.3, -0.25) is 9.59 Å². The lowest BCUT2D eigenvalue weighted by Gasteiger charge is -2.17. The number of imidazole rings is 1. The zero-order valence-corrected chi connectivity index (χ0v) is 16.3. The number of aromatic nitrogens is 2. The molecule has 0 radical (unpaired) electrons. The molecule has 1 aliphatic rings. The Morgan fingerprint density at radius 1 is 1.25 bits per heavy atom. The fraction of sp³-hybridized carbons (Fsp3) is 0.450. The van der Waals surface area contributed by atoms with Crippen molar-refractivity contribution in [2.75, 3.05) is 32.5 Å². The molecular weight excluding hydrogens is 361 g/mol. The van der Waals surface area contributed by atoms with Crippen molar-refractivity contribution in [1.82, 2.24) is 19.8 Å². The highest BCUT2D eigenvalue weighted by molar-refractivity contribution is 6.03. The Labute approximate surface area is 163 Å². The second-order valence-electron chi connectivity index (χ2n) is 7.22. The predicted octanol–water partition coefficient (Wildman–Crippen LogP) is 2.29. The molecule has 3 rings (SSSR count). The molecule has 0 aliphatic carbocycles. The highest BCUT2D eigenvalue weighted by Crippen LogP contribution is 2.22. The van der Waals surface area contributed by atoms with Crippen LogP contribution in [0.5, 0.6) is 0 Å². The average Bonchev–Trinajstić information content (AvgIpc) is 3.05. The molecule has 0 fully saturated rings. The van der Waals surface area contributed by atoms with Crippen molar-refractivity contribution >= 4 is 17.5 Å². The maximum atomic E-state index is 13.4. The number of nitrogens with one attached hydrogen (secondary N) is 2. The Morgan fingerprint density at radius 2 is 2.07 bits per heavy atom. The first kappa shape index (κ1) is 20.0. The Bertz CT molecular complexity index is 862. The van der Waals surface area contributed by atoms with Gasteiger partial charge < -0.3 is 20.1 Å². The minimum absolute atomic E-state index is 0.192. The average molecular weight is 387 g/mol. The van der Waals surface area contributed by atoms with Crippen molar-refractivity contribution in [3.8, 4) is 0 Å². The van der Waals surface area contributed by atoms with Crippen molar-refractivity contribution in [1.29, 1.82) is 0 Å². The Kier molecular flexibility index (Phi) is 6.41. The molecule has 0 spiro atoms. The van der Waals surface area contributed by atoms with Gasteiger partial charge in [0, 0.05) is 18.8 Å². The highest BCUT2D eigenvalue weighted by atomic mass is 19.1. The van der Waals surface area contributed by atoms with Crippen LogP contribution in [0.15, 0.2) is 24.3 Å². The van der Waals surface area contributed by atoms with Gasteiger partial charge in [-0.05, 0) is 64.5 Å². The third kappa shape index (κ3) is 4.75. The first-order chi connectivity index (χ1) is 13.5. The number of halogens is 1. The molecule has 1 aromatic heterocycles. The van der Waals surface area contributed by atoms with Crippen LogP contribution in [0.3, 0.4) is 0 Å². The van der Waals surface area contributed by atoms with Crippen LogP contribution in [0.4, 0.5) is 10.1 Å². The number of nitrogens with zero attached hydrogens (tertiary/aromatic N) is 3. The maximum absolute atomic E-state index is 13.4. The SMILES string of the molecule is CN(C)CCCNC(=O)c1nc(C(=O)Nc2cccc(F)c2)n2c1CCCC2. The van der Waals surface area contributed by atoms with Gasteiger partial charge in [0.15, 0.2) is 5.82 Å². The second-order valence-corrected chi connectivity index (χ2v) is 7.22.